The van der Waals surface area contributed by atoms with Crippen molar-refractivity contribution in [1.29, 1.82) is 0 Å². The lowest BCUT2D eigenvalue weighted by molar-refractivity contribution is -0.155. The van der Waals surface area contributed by atoms with E-state index in [0.29, 0.717) is 17.8 Å². The standard InChI is InChI=1S/C25H38O3/c1-5-6-13-27-19-7-8-20-18(15-19)14-16(2)24-21(20)11-12-25(4)22(24)9-10-23(25)28-17(3)26/h7-8,16,19,21-24H,5-6,9-15H2,1-4H3/t16?,19-,21?,22?,23-,24?,25?/m0/s1. The van der Waals surface area contributed by atoms with Crippen LogP contribution in [-0.4, -0.2) is 24.8 Å². The van der Waals surface area contributed by atoms with Crippen molar-refractivity contribution < 1.29 is 14.3 Å². The molecule has 5 unspecified atom stereocenters. The average molecular weight is 387 g/mol. The second-order valence-corrected chi connectivity index (χ2v) is 10.1. The summed E-state index contributed by atoms with van der Waals surface area (Å²) in [5.41, 5.74) is 3.47. The summed E-state index contributed by atoms with van der Waals surface area (Å²) in [6.45, 7) is 9.54. The summed E-state index contributed by atoms with van der Waals surface area (Å²) in [5, 5.41) is 0. The molecule has 28 heavy (non-hydrogen) atoms. The first kappa shape index (κ1) is 20.2. The van der Waals surface area contributed by atoms with E-state index in [4.69, 9.17) is 9.47 Å². The SMILES string of the molecule is CCCCO[C@H]1C=CC2=C(CC(C)C3C2CCC2(C)C3CC[C@@H]2OC(C)=O)C1. The first-order valence-electron chi connectivity index (χ1n) is 11.6. The van der Waals surface area contributed by atoms with Crippen LogP contribution in [0.1, 0.15) is 79.1 Å². The molecule has 0 aromatic heterocycles. The molecule has 0 bridgehead atoms. The van der Waals surface area contributed by atoms with Crippen LogP contribution in [0.5, 0.6) is 0 Å². The summed E-state index contributed by atoms with van der Waals surface area (Å²) >= 11 is 0. The Morgan fingerprint density at radius 1 is 1.25 bits per heavy atom. The van der Waals surface area contributed by atoms with Crippen molar-refractivity contribution in [3.05, 3.63) is 23.3 Å². The minimum Gasteiger partial charge on any atom is -0.462 e. The number of fused-ring (bicyclic) bond motifs is 4. The molecule has 0 aromatic carbocycles. The maximum absolute atomic E-state index is 11.6. The molecule has 4 aliphatic carbocycles. The zero-order valence-electron chi connectivity index (χ0n) is 18.2. The van der Waals surface area contributed by atoms with Crippen LogP contribution >= 0.6 is 0 Å². The van der Waals surface area contributed by atoms with Gasteiger partial charge in [-0.1, -0.05) is 44.9 Å². The maximum Gasteiger partial charge on any atom is 0.302 e. The Labute approximate surface area is 170 Å². The summed E-state index contributed by atoms with van der Waals surface area (Å²) in [7, 11) is 0. The molecule has 0 saturated heterocycles. The average Bonchev–Trinajstić information content (AvgIpc) is 2.97. The predicted molar refractivity (Wildman–Crippen MR) is 112 cm³/mol. The molecule has 0 aliphatic heterocycles. The molecule has 7 atom stereocenters. The molecular weight excluding hydrogens is 348 g/mol. The van der Waals surface area contributed by atoms with E-state index in [9.17, 15) is 4.79 Å². The Balaban J connectivity index is 1.51. The molecule has 4 aliphatic rings. The van der Waals surface area contributed by atoms with Gasteiger partial charge in [0.05, 0.1) is 6.10 Å². The van der Waals surface area contributed by atoms with E-state index < -0.39 is 0 Å². The number of hydrogen-bond acceptors (Lipinski definition) is 3. The van der Waals surface area contributed by atoms with Crippen molar-refractivity contribution in [2.75, 3.05) is 6.61 Å². The third-order valence-electron chi connectivity index (χ3n) is 8.35. The fraction of sp³-hybridized carbons (Fsp3) is 0.800. The largest absolute Gasteiger partial charge is 0.462 e. The van der Waals surface area contributed by atoms with Crippen LogP contribution in [0.25, 0.3) is 0 Å². The van der Waals surface area contributed by atoms with E-state index in [0.717, 1.165) is 31.8 Å². The van der Waals surface area contributed by atoms with E-state index in [1.807, 2.05) is 0 Å². The van der Waals surface area contributed by atoms with Crippen LogP contribution in [0.2, 0.25) is 0 Å². The Morgan fingerprint density at radius 2 is 2.07 bits per heavy atom. The Bertz CT molecular complexity index is 663. The minimum absolute atomic E-state index is 0.111. The number of unbranched alkanes of at least 4 members (excludes halogenated alkanes) is 1. The highest BCUT2D eigenvalue weighted by Gasteiger charge is 2.57. The summed E-state index contributed by atoms with van der Waals surface area (Å²) in [4.78, 5) is 11.6. The van der Waals surface area contributed by atoms with Gasteiger partial charge in [0.25, 0.3) is 0 Å². The van der Waals surface area contributed by atoms with Gasteiger partial charge in [-0.25, -0.2) is 0 Å². The smallest absolute Gasteiger partial charge is 0.302 e. The number of carbonyl (C=O) groups is 1. The van der Waals surface area contributed by atoms with Crippen molar-refractivity contribution in [3.63, 3.8) is 0 Å². The fourth-order valence-corrected chi connectivity index (χ4v) is 7.06. The van der Waals surface area contributed by atoms with E-state index in [2.05, 4.69) is 32.9 Å². The van der Waals surface area contributed by atoms with Crippen molar-refractivity contribution in [2.45, 2.75) is 91.3 Å². The van der Waals surface area contributed by atoms with Gasteiger partial charge in [0.1, 0.15) is 6.10 Å². The highest BCUT2D eigenvalue weighted by atomic mass is 16.5. The highest BCUT2D eigenvalue weighted by molar-refractivity contribution is 5.66. The third kappa shape index (κ3) is 3.49. The molecule has 0 spiro atoms. The van der Waals surface area contributed by atoms with Gasteiger partial charge in [-0.05, 0) is 74.2 Å². The van der Waals surface area contributed by atoms with E-state index in [1.165, 1.54) is 32.1 Å². The molecule has 0 heterocycles. The monoisotopic (exact) mass is 386 g/mol. The molecule has 2 fully saturated rings. The van der Waals surface area contributed by atoms with Gasteiger partial charge in [0.2, 0.25) is 0 Å². The van der Waals surface area contributed by atoms with Crippen LogP contribution < -0.4 is 0 Å². The third-order valence-corrected chi connectivity index (χ3v) is 8.35. The van der Waals surface area contributed by atoms with Gasteiger partial charge in [0, 0.05) is 18.9 Å². The second-order valence-electron chi connectivity index (χ2n) is 10.1. The van der Waals surface area contributed by atoms with Crippen LogP contribution in [0.4, 0.5) is 0 Å². The predicted octanol–water partition coefficient (Wildman–Crippen LogP) is 5.84. The van der Waals surface area contributed by atoms with Crippen molar-refractivity contribution in [2.24, 2.45) is 29.1 Å². The number of ether oxygens (including phenoxy) is 2. The molecule has 0 aromatic rings. The summed E-state index contributed by atoms with van der Waals surface area (Å²) in [5.74, 6) is 2.72. The lowest BCUT2D eigenvalue weighted by Crippen LogP contribution is -2.48. The number of hydrogen-bond donors (Lipinski definition) is 0. The van der Waals surface area contributed by atoms with Crippen molar-refractivity contribution >= 4 is 5.97 Å². The lowest BCUT2D eigenvalue weighted by Gasteiger charge is -2.53. The molecule has 0 amide bonds. The van der Waals surface area contributed by atoms with Gasteiger partial charge in [0.15, 0.2) is 0 Å². The Morgan fingerprint density at radius 3 is 2.82 bits per heavy atom. The van der Waals surface area contributed by atoms with E-state index in [1.54, 1.807) is 18.1 Å². The van der Waals surface area contributed by atoms with Crippen molar-refractivity contribution in [1.82, 2.24) is 0 Å². The summed E-state index contributed by atoms with van der Waals surface area (Å²) < 4.78 is 11.9. The van der Waals surface area contributed by atoms with Crippen LogP contribution in [0.15, 0.2) is 23.3 Å². The summed E-state index contributed by atoms with van der Waals surface area (Å²) in [6.07, 6.45) is 14.5. The topological polar surface area (TPSA) is 35.5 Å². The molecule has 156 valence electrons. The normalized spacial score (nSPS) is 42.0. The second kappa shape index (κ2) is 7.97. The summed E-state index contributed by atoms with van der Waals surface area (Å²) in [6, 6.07) is 0. The Kier molecular flexibility index (Phi) is 5.75. The van der Waals surface area contributed by atoms with Gasteiger partial charge >= 0.3 is 5.97 Å². The molecule has 2 saturated carbocycles. The quantitative estimate of drug-likeness (QED) is 0.440. The molecule has 4 rings (SSSR count). The zero-order chi connectivity index (χ0) is 19.9. The zero-order valence-corrected chi connectivity index (χ0v) is 18.2. The molecule has 3 nitrogen and oxygen atoms in total. The van der Waals surface area contributed by atoms with Crippen LogP contribution in [0.3, 0.4) is 0 Å². The van der Waals surface area contributed by atoms with Crippen molar-refractivity contribution in [3.8, 4) is 0 Å². The maximum atomic E-state index is 11.6. The molecular formula is C25H38O3. The number of carbonyl (C=O) groups excluding carboxylic acids is 1. The molecule has 0 radical (unpaired) electrons. The lowest BCUT2D eigenvalue weighted by atomic mass is 9.52. The van der Waals surface area contributed by atoms with E-state index in [-0.39, 0.29) is 23.6 Å². The first-order chi connectivity index (χ1) is 13.4. The van der Waals surface area contributed by atoms with Crippen LogP contribution in [-0.2, 0) is 14.3 Å². The van der Waals surface area contributed by atoms with Crippen LogP contribution in [0, 0.1) is 29.1 Å². The molecule has 3 heteroatoms. The number of rotatable bonds is 5. The van der Waals surface area contributed by atoms with E-state index >= 15 is 0 Å². The number of esters is 1. The number of allylic oxidation sites excluding steroid dienone is 2. The van der Waals surface area contributed by atoms with Gasteiger partial charge in [-0.15, -0.1) is 0 Å². The van der Waals surface area contributed by atoms with Gasteiger partial charge < -0.3 is 9.47 Å². The Hall–Kier alpha value is -1.09. The van der Waals surface area contributed by atoms with Gasteiger partial charge in [-0.2, -0.15) is 0 Å². The van der Waals surface area contributed by atoms with Gasteiger partial charge in [-0.3, -0.25) is 4.79 Å². The first-order valence-corrected chi connectivity index (χ1v) is 11.6. The minimum atomic E-state index is -0.111. The fourth-order valence-electron chi connectivity index (χ4n) is 7.06. The molecule has 0 N–H and O–H groups in total. The highest BCUT2D eigenvalue weighted by Crippen LogP contribution is 2.62.